The van der Waals surface area contributed by atoms with Crippen molar-refractivity contribution >= 4 is 0 Å². The Hall–Kier alpha value is -1.11. The quantitative estimate of drug-likeness (QED) is 0.379. The van der Waals surface area contributed by atoms with Gasteiger partial charge in [0, 0.05) is 0 Å². The van der Waals surface area contributed by atoms with Crippen LogP contribution in [0, 0.1) is 0 Å². The third-order valence-corrected chi connectivity index (χ3v) is 1.55. The first-order valence-electron chi connectivity index (χ1n) is 4.29. The van der Waals surface area contributed by atoms with E-state index in [1.165, 1.54) is 0 Å². The molecule has 4 nitrogen and oxygen atoms in total. The summed E-state index contributed by atoms with van der Waals surface area (Å²) in [5.41, 5.74) is 0. The van der Waals surface area contributed by atoms with Crippen molar-refractivity contribution < 1.29 is 33.1 Å². The molecule has 2 aromatic heterocycles. The van der Waals surface area contributed by atoms with Crippen molar-refractivity contribution in [3.63, 3.8) is 0 Å². The molecule has 0 spiro atoms. The molecule has 0 aliphatic rings. The predicted octanol–water partition coefficient (Wildman–Crippen LogP) is -3.18. The van der Waals surface area contributed by atoms with Gasteiger partial charge >= 0.3 is 0 Å². The molecule has 0 unspecified atom stereocenters. The van der Waals surface area contributed by atoms with E-state index in [0.717, 1.165) is 0 Å². The van der Waals surface area contributed by atoms with Crippen LogP contribution in [-0.2, 0) is 14.1 Å². The topological polar surface area (TPSA) is 33.5 Å². The molecule has 0 atom stereocenters. The van der Waals surface area contributed by atoms with Gasteiger partial charge in [-0.15, -0.1) is 0 Å². The van der Waals surface area contributed by atoms with Gasteiger partial charge in [-0.2, -0.15) is 0 Å². The Morgan fingerprint density at radius 1 is 0.667 bits per heavy atom. The summed E-state index contributed by atoms with van der Waals surface area (Å²) in [4.78, 5) is 7.65. The lowest BCUT2D eigenvalue weighted by Gasteiger charge is -1.77. The molecule has 2 aromatic rings. The van der Waals surface area contributed by atoms with Crippen LogP contribution in [0.15, 0.2) is 49.6 Å². The summed E-state index contributed by atoms with van der Waals surface area (Å²) in [5.74, 6) is 0. The van der Waals surface area contributed by atoms with Crippen molar-refractivity contribution in [2.45, 2.75) is 0 Å². The fourth-order valence-electron chi connectivity index (χ4n) is 0.773. The van der Waals surface area contributed by atoms with E-state index < -0.39 is 0 Å². The third-order valence-electron chi connectivity index (χ3n) is 1.55. The van der Waals surface area contributed by atoms with Crippen LogP contribution >= 0.6 is 0 Å². The molecule has 2 heterocycles. The van der Waals surface area contributed by atoms with E-state index in [1.807, 2.05) is 48.0 Å². The van der Waals surface area contributed by atoms with Crippen LogP contribution < -0.4 is 33.1 Å². The highest BCUT2D eigenvalue weighted by Gasteiger charge is 1.80. The van der Waals surface area contributed by atoms with Crippen molar-refractivity contribution in [2.24, 2.45) is 14.1 Å². The van der Waals surface area contributed by atoms with E-state index in [2.05, 4.69) is 9.97 Å². The van der Waals surface area contributed by atoms with Gasteiger partial charge in [0.15, 0.2) is 24.8 Å². The van der Waals surface area contributed by atoms with E-state index >= 15 is 0 Å². The minimum atomic E-state index is 0. The summed E-state index contributed by atoms with van der Waals surface area (Å²) >= 11 is 0. The van der Waals surface area contributed by atoms with Crippen LogP contribution in [0.1, 0.15) is 0 Å². The highest BCUT2D eigenvalue weighted by atomic mass is 127. The highest BCUT2D eigenvalue weighted by molar-refractivity contribution is 4.62. The maximum Gasteiger partial charge on any atom is 0.186 e. The summed E-state index contributed by atoms with van der Waals surface area (Å²) in [5, 5.41) is 0. The van der Waals surface area contributed by atoms with Crippen molar-refractivity contribution in [2.75, 3.05) is 0 Å². The van der Waals surface area contributed by atoms with E-state index in [-0.39, 0.29) is 24.0 Å². The molecule has 0 bridgehead atoms. The molecule has 0 N–H and O–H groups in total. The smallest absolute Gasteiger partial charge is 0.186 e. The molecule has 0 aliphatic heterocycles. The average Bonchev–Trinajstić information content (AvgIpc) is 2.21. The van der Waals surface area contributed by atoms with Crippen LogP contribution in [0.5, 0.6) is 0 Å². The zero-order valence-corrected chi connectivity index (χ0v) is 10.9. The van der Waals surface area contributed by atoms with Crippen LogP contribution in [-0.4, -0.2) is 9.97 Å². The van der Waals surface area contributed by atoms with E-state index in [1.54, 1.807) is 24.8 Å². The lowest BCUT2D eigenvalue weighted by atomic mass is 10.7. The Bertz CT molecular complexity index is 315. The highest BCUT2D eigenvalue weighted by Crippen LogP contribution is 1.63. The molecule has 5 heteroatoms. The van der Waals surface area contributed by atoms with Gasteiger partial charge in [-0.25, -0.2) is 9.13 Å². The Balaban J connectivity index is 0.000000245. The van der Waals surface area contributed by atoms with Crippen LogP contribution in [0.4, 0.5) is 0 Å². The van der Waals surface area contributed by atoms with Gasteiger partial charge < -0.3 is 24.0 Å². The monoisotopic (exact) mass is 317 g/mol. The average molecular weight is 317 g/mol. The van der Waals surface area contributed by atoms with Gasteiger partial charge in [-0.05, 0) is 0 Å². The van der Waals surface area contributed by atoms with Gasteiger partial charge in [-0.1, -0.05) is 0 Å². The number of hydrogen-bond donors (Lipinski definition) is 0. The van der Waals surface area contributed by atoms with Crippen molar-refractivity contribution in [1.82, 2.24) is 9.97 Å². The molecule has 0 amide bonds. The summed E-state index contributed by atoms with van der Waals surface area (Å²) in [6.07, 6.45) is 14.6. The van der Waals surface area contributed by atoms with E-state index in [4.69, 9.17) is 0 Å². The molecule has 2 rings (SSSR count). The van der Waals surface area contributed by atoms with Gasteiger partial charge in [0.05, 0.1) is 24.8 Å². The summed E-state index contributed by atoms with van der Waals surface area (Å²) < 4.78 is 3.88. The normalized spacial score (nSPS) is 8.13. The first-order valence-corrected chi connectivity index (χ1v) is 4.29. The molecule has 0 saturated carbocycles. The van der Waals surface area contributed by atoms with E-state index in [9.17, 15) is 0 Å². The Labute approximate surface area is 107 Å². The second kappa shape index (κ2) is 8.22. The van der Waals surface area contributed by atoms with Gasteiger partial charge in [0.2, 0.25) is 0 Å². The molecule has 80 valence electrons. The molecule has 0 fully saturated rings. The van der Waals surface area contributed by atoms with Crippen LogP contribution in [0.2, 0.25) is 0 Å². The standard InChI is InChI=1S/2C5H7N2.HI/c2*1-7-4-2-6-3-5-7;/h2*2-5H,1H3;1H/q2*+1;/p-1. The fourth-order valence-corrected chi connectivity index (χ4v) is 0.773. The van der Waals surface area contributed by atoms with Gasteiger partial charge in [-0.3, -0.25) is 9.97 Å². The predicted molar refractivity (Wildman–Crippen MR) is 50.8 cm³/mol. The largest absolute Gasteiger partial charge is 1.00 e. The Kier molecular flexibility index (Phi) is 7.61. The van der Waals surface area contributed by atoms with Crippen molar-refractivity contribution in [3.05, 3.63) is 49.6 Å². The second-order valence-electron chi connectivity index (χ2n) is 2.82. The lowest BCUT2D eigenvalue weighted by Crippen LogP contribution is -3.00. The SMILES string of the molecule is C[n+]1ccncc1.C[n+]1ccncc1.[I-]. The van der Waals surface area contributed by atoms with Gasteiger partial charge in [0.25, 0.3) is 0 Å². The molecular formula is C10H14IN4+. The molecule has 0 aliphatic carbocycles. The minimum absolute atomic E-state index is 0. The molecule has 0 saturated heterocycles. The summed E-state index contributed by atoms with van der Waals surface area (Å²) in [6, 6.07) is 0. The maximum atomic E-state index is 3.82. The summed E-state index contributed by atoms with van der Waals surface area (Å²) in [7, 11) is 3.92. The van der Waals surface area contributed by atoms with Crippen molar-refractivity contribution in [3.8, 4) is 0 Å². The van der Waals surface area contributed by atoms with E-state index in [0.29, 0.717) is 0 Å². The first-order chi connectivity index (χ1) is 6.79. The fraction of sp³-hybridized carbons (Fsp3) is 0.200. The third kappa shape index (κ3) is 6.89. The molecule has 0 aromatic carbocycles. The van der Waals surface area contributed by atoms with Crippen LogP contribution in [0.3, 0.4) is 0 Å². The number of nitrogens with zero attached hydrogens (tertiary/aromatic N) is 4. The number of rotatable bonds is 0. The summed E-state index contributed by atoms with van der Waals surface area (Å²) in [6.45, 7) is 0. The first kappa shape index (κ1) is 13.9. The van der Waals surface area contributed by atoms with Crippen molar-refractivity contribution in [1.29, 1.82) is 0 Å². The van der Waals surface area contributed by atoms with Gasteiger partial charge in [0.1, 0.15) is 14.1 Å². The number of aromatic nitrogens is 4. The zero-order valence-electron chi connectivity index (χ0n) is 8.79. The number of hydrogen-bond acceptors (Lipinski definition) is 2. The Morgan fingerprint density at radius 2 is 0.933 bits per heavy atom. The second-order valence-corrected chi connectivity index (χ2v) is 2.82. The zero-order chi connectivity index (χ0) is 10.2. The Morgan fingerprint density at radius 3 is 1.07 bits per heavy atom. The number of aryl methyl sites for hydroxylation is 2. The lowest BCUT2D eigenvalue weighted by molar-refractivity contribution is -0.672. The minimum Gasteiger partial charge on any atom is -1.00 e. The molecule has 15 heavy (non-hydrogen) atoms. The number of halogens is 1. The molecule has 0 radical (unpaired) electrons. The van der Waals surface area contributed by atoms with Crippen LogP contribution in [0.25, 0.3) is 0 Å². The molecular weight excluding hydrogens is 303 g/mol. The maximum absolute atomic E-state index is 3.82.